The largest absolute Gasteiger partial charge is 0.398 e. The Morgan fingerprint density at radius 2 is 1.75 bits per heavy atom. The van der Waals surface area contributed by atoms with Crippen molar-refractivity contribution in [3.05, 3.63) is 58.1 Å². The molecule has 6 heteroatoms. The molecule has 0 bridgehead atoms. The number of amides is 2. The SMILES string of the molecule is NC(=O)c1ccccc1NC(=O)c1cc(Br)ccc1N. The Morgan fingerprint density at radius 1 is 1.05 bits per heavy atom. The minimum Gasteiger partial charge on any atom is -0.398 e. The summed E-state index contributed by atoms with van der Waals surface area (Å²) < 4.78 is 0.736. The van der Waals surface area contributed by atoms with Gasteiger partial charge in [-0.15, -0.1) is 0 Å². The van der Waals surface area contributed by atoms with E-state index in [4.69, 9.17) is 11.5 Å². The first-order valence-electron chi connectivity index (χ1n) is 5.74. The van der Waals surface area contributed by atoms with Crippen molar-refractivity contribution < 1.29 is 9.59 Å². The monoisotopic (exact) mass is 333 g/mol. The number of carbonyl (C=O) groups excluding carboxylic acids is 2. The maximum Gasteiger partial charge on any atom is 0.257 e. The van der Waals surface area contributed by atoms with Crippen LogP contribution in [-0.4, -0.2) is 11.8 Å². The maximum absolute atomic E-state index is 12.2. The Morgan fingerprint density at radius 3 is 2.45 bits per heavy atom. The van der Waals surface area contributed by atoms with E-state index in [0.29, 0.717) is 16.9 Å². The van der Waals surface area contributed by atoms with E-state index in [2.05, 4.69) is 21.2 Å². The molecule has 0 radical (unpaired) electrons. The molecule has 2 aromatic carbocycles. The molecule has 2 aromatic rings. The van der Waals surface area contributed by atoms with E-state index in [-0.39, 0.29) is 5.56 Å². The molecular weight excluding hydrogens is 322 g/mol. The van der Waals surface area contributed by atoms with Gasteiger partial charge in [0.25, 0.3) is 11.8 Å². The minimum absolute atomic E-state index is 0.245. The summed E-state index contributed by atoms with van der Waals surface area (Å²) in [5.74, 6) is -1.01. The van der Waals surface area contributed by atoms with Crippen molar-refractivity contribution in [2.45, 2.75) is 0 Å². The average molecular weight is 334 g/mol. The number of nitrogens with one attached hydrogen (secondary N) is 1. The first kappa shape index (κ1) is 14.1. The lowest BCUT2D eigenvalue weighted by atomic mass is 10.1. The topological polar surface area (TPSA) is 98.2 Å². The normalized spacial score (nSPS) is 10.1. The summed E-state index contributed by atoms with van der Waals surface area (Å²) >= 11 is 3.28. The molecule has 5 nitrogen and oxygen atoms in total. The fourth-order valence-corrected chi connectivity index (χ4v) is 2.08. The highest BCUT2D eigenvalue weighted by Crippen LogP contribution is 2.21. The quantitative estimate of drug-likeness (QED) is 0.752. The smallest absolute Gasteiger partial charge is 0.257 e. The number of hydrogen-bond donors (Lipinski definition) is 3. The van der Waals surface area contributed by atoms with Crippen molar-refractivity contribution in [3.8, 4) is 0 Å². The van der Waals surface area contributed by atoms with Gasteiger partial charge in [0.05, 0.1) is 16.8 Å². The van der Waals surface area contributed by atoms with Gasteiger partial charge >= 0.3 is 0 Å². The van der Waals surface area contributed by atoms with Crippen molar-refractivity contribution in [3.63, 3.8) is 0 Å². The zero-order valence-corrected chi connectivity index (χ0v) is 12.0. The summed E-state index contributed by atoms with van der Waals surface area (Å²) in [6.07, 6.45) is 0. The third kappa shape index (κ3) is 2.97. The van der Waals surface area contributed by atoms with Gasteiger partial charge < -0.3 is 16.8 Å². The zero-order valence-electron chi connectivity index (χ0n) is 10.4. The molecule has 5 N–H and O–H groups in total. The van der Waals surface area contributed by atoms with Crippen LogP contribution in [0.5, 0.6) is 0 Å². The van der Waals surface area contributed by atoms with Crippen molar-refractivity contribution >= 4 is 39.1 Å². The highest BCUT2D eigenvalue weighted by Gasteiger charge is 2.14. The lowest BCUT2D eigenvalue weighted by Gasteiger charge is -2.10. The standard InChI is InChI=1S/C14H12BrN3O2/c15-8-5-6-11(16)10(7-8)14(20)18-12-4-2-1-3-9(12)13(17)19/h1-7H,16H2,(H2,17,19)(H,18,20). The number of hydrogen-bond acceptors (Lipinski definition) is 3. The lowest BCUT2D eigenvalue weighted by molar-refractivity contribution is 0.100. The summed E-state index contributed by atoms with van der Waals surface area (Å²) in [7, 11) is 0. The van der Waals surface area contributed by atoms with E-state index < -0.39 is 11.8 Å². The fourth-order valence-electron chi connectivity index (χ4n) is 1.72. The number of nitrogen functional groups attached to an aromatic ring is 1. The number of benzene rings is 2. The van der Waals surface area contributed by atoms with Crippen LogP contribution in [0.1, 0.15) is 20.7 Å². The second-order valence-corrected chi connectivity index (χ2v) is 5.01. The molecule has 0 spiro atoms. The maximum atomic E-state index is 12.2. The molecule has 0 heterocycles. The number of primary amides is 1. The van der Waals surface area contributed by atoms with E-state index in [9.17, 15) is 9.59 Å². The van der Waals surface area contributed by atoms with Crippen LogP contribution < -0.4 is 16.8 Å². The minimum atomic E-state index is -0.608. The second-order valence-electron chi connectivity index (χ2n) is 4.10. The van der Waals surface area contributed by atoms with E-state index in [1.54, 1.807) is 42.5 Å². The Balaban J connectivity index is 2.33. The van der Waals surface area contributed by atoms with E-state index in [1.165, 1.54) is 0 Å². The van der Waals surface area contributed by atoms with Gasteiger partial charge in [-0.25, -0.2) is 0 Å². The first-order chi connectivity index (χ1) is 9.49. The number of nitrogens with two attached hydrogens (primary N) is 2. The van der Waals surface area contributed by atoms with Crippen LogP contribution in [0.25, 0.3) is 0 Å². The van der Waals surface area contributed by atoms with Crippen molar-refractivity contribution in [2.24, 2.45) is 5.73 Å². The zero-order chi connectivity index (χ0) is 14.7. The molecule has 0 unspecified atom stereocenters. The van der Waals surface area contributed by atoms with Crippen LogP contribution in [0, 0.1) is 0 Å². The molecule has 0 aromatic heterocycles. The number of para-hydroxylation sites is 1. The molecular formula is C14H12BrN3O2. The molecule has 20 heavy (non-hydrogen) atoms. The van der Waals surface area contributed by atoms with Crippen LogP contribution in [-0.2, 0) is 0 Å². The van der Waals surface area contributed by atoms with Crippen LogP contribution in [0.15, 0.2) is 46.9 Å². The van der Waals surface area contributed by atoms with Crippen LogP contribution >= 0.6 is 15.9 Å². The molecule has 0 saturated heterocycles. The molecule has 0 aliphatic rings. The molecule has 0 atom stereocenters. The number of halogens is 1. The molecule has 0 aliphatic heterocycles. The van der Waals surface area contributed by atoms with E-state index >= 15 is 0 Å². The van der Waals surface area contributed by atoms with Crippen molar-refractivity contribution in [2.75, 3.05) is 11.1 Å². The Bertz CT molecular complexity index is 686. The number of rotatable bonds is 3. The molecule has 0 saturated carbocycles. The summed E-state index contributed by atoms with van der Waals surface area (Å²) in [5.41, 5.74) is 12.3. The van der Waals surface area contributed by atoms with Gasteiger partial charge in [-0.1, -0.05) is 28.1 Å². The molecule has 2 rings (SSSR count). The second kappa shape index (κ2) is 5.75. The highest BCUT2D eigenvalue weighted by atomic mass is 79.9. The van der Waals surface area contributed by atoms with Crippen LogP contribution in [0.2, 0.25) is 0 Å². The van der Waals surface area contributed by atoms with E-state index in [0.717, 1.165) is 4.47 Å². The highest BCUT2D eigenvalue weighted by molar-refractivity contribution is 9.10. The predicted octanol–water partition coefficient (Wildman–Crippen LogP) is 2.38. The van der Waals surface area contributed by atoms with Gasteiger partial charge in [0.2, 0.25) is 0 Å². The Kier molecular flexibility index (Phi) is 4.05. The van der Waals surface area contributed by atoms with Gasteiger partial charge in [-0.05, 0) is 30.3 Å². The molecule has 102 valence electrons. The summed E-state index contributed by atoms with van der Waals surface area (Å²) in [5, 5.41) is 2.64. The van der Waals surface area contributed by atoms with Crippen molar-refractivity contribution in [1.29, 1.82) is 0 Å². The summed E-state index contributed by atoms with van der Waals surface area (Å²) in [4.78, 5) is 23.5. The van der Waals surface area contributed by atoms with Gasteiger partial charge in [0, 0.05) is 10.2 Å². The first-order valence-corrected chi connectivity index (χ1v) is 6.53. The fraction of sp³-hybridized carbons (Fsp3) is 0. The molecule has 0 fully saturated rings. The third-order valence-corrected chi connectivity index (χ3v) is 3.19. The number of carbonyl (C=O) groups is 2. The Labute approximate surface area is 124 Å². The summed E-state index contributed by atoms with van der Waals surface area (Å²) in [6.45, 7) is 0. The van der Waals surface area contributed by atoms with Gasteiger partial charge in [-0.3, -0.25) is 9.59 Å². The third-order valence-electron chi connectivity index (χ3n) is 2.70. The Hall–Kier alpha value is -2.34. The average Bonchev–Trinajstić information content (AvgIpc) is 2.41. The van der Waals surface area contributed by atoms with Gasteiger partial charge in [0.1, 0.15) is 0 Å². The molecule has 2 amide bonds. The van der Waals surface area contributed by atoms with Crippen LogP contribution in [0.4, 0.5) is 11.4 Å². The lowest BCUT2D eigenvalue weighted by Crippen LogP contribution is -2.19. The van der Waals surface area contributed by atoms with Crippen LogP contribution in [0.3, 0.4) is 0 Å². The van der Waals surface area contributed by atoms with Crippen molar-refractivity contribution in [1.82, 2.24) is 0 Å². The summed E-state index contributed by atoms with van der Waals surface area (Å²) in [6, 6.07) is 11.5. The van der Waals surface area contributed by atoms with E-state index in [1.807, 2.05) is 0 Å². The van der Waals surface area contributed by atoms with Gasteiger partial charge in [-0.2, -0.15) is 0 Å². The predicted molar refractivity (Wildman–Crippen MR) is 81.5 cm³/mol. The van der Waals surface area contributed by atoms with Gasteiger partial charge in [0.15, 0.2) is 0 Å². The molecule has 0 aliphatic carbocycles. The number of anilines is 2.